The van der Waals surface area contributed by atoms with Crippen molar-refractivity contribution in [3.05, 3.63) is 29.8 Å². The summed E-state index contributed by atoms with van der Waals surface area (Å²) < 4.78 is 10.7. The zero-order chi connectivity index (χ0) is 15.8. The number of para-hydroxylation sites is 1. The van der Waals surface area contributed by atoms with E-state index < -0.39 is 0 Å². The van der Waals surface area contributed by atoms with Crippen molar-refractivity contribution in [1.29, 1.82) is 0 Å². The Kier molecular flexibility index (Phi) is 6.68. The third kappa shape index (κ3) is 4.45. The molecule has 0 aromatic heterocycles. The van der Waals surface area contributed by atoms with Crippen LogP contribution in [0, 0.1) is 11.8 Å². The maximum absolute atomic E-state index is 12.3. The Labute approximate surface area is 132 Å². The number of benzene rings is 1. The lowest BCUT2D eigenvalue weighted by atomic mass is 9.95. The second-order valence-electron chi connectivity index (χ2n) is 5.70. The van der Waals surface area contributed by atoms with Gasteiger partial charge in [-0.05, 0) is 31.4 Å². The van der Waals surface area contributed by atoms with Crippen LogP contribution >= 0.6 is 0 Å². The molecule has 0 saturated heterocycles. The van der Waals surface area contributed by atoms with Crippen LogP contribution in [0.2, 0.25) is 0 Å². The first kappa shape index (κ1) is 16.8. The van der Waals surface area contributed by atoms with Crippen molar-refractivity contribution in [1.82, 2.24) is 5.32 Å². The fourth-order valence-electron chi connectivity index (χ4n) is 3.00. The Morgan fingerprint density at radius 1 is 1.32 bits per heavy atom. The van der Waals surface area contributed by atoms with E-state index in [4.69, 9.17) is 15.2 Å². The van der Waals surface area contributed by atoms with Crippen LogP contribution in [0.4, 0.5) is 0 Å². The van der Waals surface area contributed by atoms with Crippen LogP contribution < -0.4 is 15.8 Å². The van der Waals surface area contributed by atoms with Crippen molar-refractivity contribution in [3.8, 4) is 5.75 Å². The van der Waals surface area contributed by atoms with Crippen molar-refractivity contribution in [2.75, 3.05) is 26.9 Å². The molecule has 0 unspecified atom stereocenters. The summed E-state index contributed by atoms with van der Waals surface area (Å²) in [6.07, 6.45) is 3.10. The van der Waals surface area contributed by atoms with Crippen LogP contribution in [0.15, 0.2) is 24.3 Å². The fraction of sp³-hybridized carbons (Fsp3) is 0.588. The number of carbonyl (C=O) groups is 1. The second kappa shape index (κ2) is 8.76. The Hall–Kier alpha value is -1.59. The lowest BCUT2D eigenvalue weighted by Crippen LogP contribution is -2.34. The number of nitrogens with one attached hydrogen (secondary N) is 1. The molecule has 1 aromatic carbocycles. The van der Waals surface area contributed by atoms with Crippen molar-refractivity contribution in [3.63, 3.8) is 0 Å². The smallest absolute Gasteiger partial charge is 0.223 e. The Bertz CT molecular complexity index is 479. The van der Waals surface area contributed by atoms with Gasteiger partial charge in [-0.2, -0.15) is 0 Å². The summed E-state index contributed by atoms with van der Waals surface area (Å²) in [5.41, 5.74) is 6.73. The highest BCUT2D eigenvalue weighted by molar-refractivity contribution is 5.79. The van der Waals surface area contributed by atoms with E-state index in [1.165, 1.54) is 0 Å². The van der Waals surface area contributed by atoms with Gasteiger partial charge in [0.15, 0.2) is 0 Å². The van der Waals surface area contributed by atoms with Gasteiger partial charge in [-0.25, -0.2) is 0 Å². The van der Waals surface area contributed by atoms with E-state index in [1.54, 1.807) is 7.11 Å². The summed E-state index contributed by atoms with van der Waals surface area (Å²) in [7, 11) is 1.64. The summed E-state index contributed by atoms with van der Waals surface area (Å²) in [5, 5.41) is 3.03. The van der Waals surface area contributed by atoms with Gasteiger partial charge in [0.2, 0.25) is 5.91 Å². The normalized spacial score (nSPS) is 20.8. The molecule has 0 bridgehead atoms. The first-order valence-electron chi connectivity index (χ1n) is 7.93. The fourth-order valence-corrected chi connectivity index (χ4v) is 3.00. The van der Waals surface area contributed by atoms with E-state index in [2.05, 4.69) is 5.32 Å². The van der Waals surface area contributed by atoms with Crippen LogP contribution in [0.3, 0.4) is 0 Å². The zero-order valence-electron chi connectivity index (χ0n) is 13.2. The minimum Gasteiger partial charge on any atom is -0.491 e. The topological polar surface area (TPSA) is 73.6 Å². The van der Waals surface area contributed by atoms with Gasteiger partial charge in [0, 0.05) is 25.1 Å². The largest absolute Gasteiger partial charge is 0.491 e. The van der Waals surface area contributed by atoms with E-state index >= 15 is 0 Å². The molecule has 2 rings (SSSR count). The number of rotatable bonds is 8. The Balaban J connectivity index is 1.89. The molecule has 1 aromatic rings. The van der Waals surface area contributed by atoms with E-state index in [0.717, 1.165) is 30.6 Å². The highest BCUT2D eigenvalue weighted by atomic mass is 16.5. The van der Waals surface area contributed by atoms with Crippen molar-refractivity contribution >= 4 is 5.91 Å². The minimum atomic E-state index is 0.0616. The van der Waals surface area contributed by atoms with Crippen LogP contribution in [0.1, 0.15) is 24.8 Å². The molecule has 5 nitrogen and oxygen atoms in total. The lowest BCUT2D eigenvalue weighted by Gasteiger charge is -2.18. The Morgan fingerprint density at radius 2 is 2.14 bits per heavy atom. The molecule has 1 amide bonds. The molecule has 2 atom stereocenters. The average Bonchev–Trinajstić information content (AvgIpc) is 3.02. The van der Waals surface area contributed by atoms with Gasteiger partial charge in [-0.15, -0.1) is 0 Å². The maximum atomic E-state index is 12.3. The summed E-state index contributed by atoms with van der Waals surface area (Å²) in [6.45, 7) is 2.12. The zero-order valence-corrected chi connectivity index (χ0v) is 13.2. The molecular weight excluding hydrogens is 280 g/mol. The number of carbonyl (C=O) groups excluding carboxylic acids is 1. The molecule has 22 heavy (non-hydrogen) atoms. The molecule has 1 fully saturated rings. The molecule has 0 aliphatic heterocycles. The van der Waals surface area contributed by atoms with Crippen LogP contribution in [0.5, 0.6) is 5.75 Å². The van der Waals surface area contributed by atoms with E-state index in [9.17, 15) is 4.79 Å². The third-order valence-corrected chi connectivity index (χ3v) is 4.27. The van der Waals surface area contributed by atoms with Gasteiger partial charge >= 0.3 is 0 Å². The maximum Gasteiger partial charge on any atom is 0.223 e. The first-order valence-corrected chi connectivity index (χ1v) is 7.93. The summed E-state index contributed by atoms with van der Waals surface area (Å²) in [4.78, 5) is 12.3. The van der Waals surface area contributed by atoms with Gasteiger partial charge in [-0.1, -0.05) is 24.6 Å². The molecule has 0 spiro atoms. The van der Waals surface area contributed by atoms with Gasteiger partial charge < -0.3 is 20.5 Å². The van der Waals surface area contributed by atoms with Gasteiger partial charge in [0.05, 0.1) is 6.61 Å². The molecular formula is C17H26N2O3. The average molecular weight is 306 g/mol. The van der Waals surface area contributed by atoms with Crippen LogP contribution in [-0.4, -0.2) is 32.8 Å². The van der Waals surface area contributed by atoms with Crippen LogP contribution in [-0.2, 0) is 16.1 Å². The third-order valence-electron chi connectivity index (χ3n) is 4.27. The summed E-state index contributed by atoms with van der Waals surface area (Å²) >= 11 is 0. The van der Waals surface area contributed by atoms with Crippen LogP contribution in [0.25, 0.3) is 0 Å². The molecule has 1 saturated carbocycles. The first-order chi connectivity index (χ1) is 10.8. The number of hydrogen-bond acceptors (Lipinski definition) is 4. The standard InChI is InChI=1S/C17H26N2O3/c1-21-9-10-22-16-8-3-2-5-14(16)12-19-17(20)15-7-4-6-13(15)11-18/h2-3,5,8,13,15H,4,6-7,9-12,18H2,1H3,(H,19,20)/t13-,15-/m1/s1. The number of amides is 1. The highest BCUT2D eigenvalue weighted by Gasteiger charge is 2.31. The number of nitrogens with two attached hydrogens (primary N) is 1. The predicted octanol–water partition coefficient (Wildman–Crippen LogP) is 1.70. The number of hydrogen-bond donors (Lipinski definition) is 2. The molecule has 5 heteroatoms. The van der Waals surface area contributed by atoms with Gasteiger partial charge in [0.25, 0.3) is 0 Å². The lowest BCUT2D eigenvalue weighted by molar-refractivity contribution is -0.126. The quantitative estimate of drug-likeness (QED) is 0.717. The number of ether oxygens (including phenoxy) is 2. The van der Waals surface area contributed by atoms with Gasteiger partial charge in [-0.3, -0.25) is 4.79 Å². The molecule has 3 N–H and O–H groups in total. The molecule has 0 heterocycles. The van der Waals surface area contributed by atoms with E-state index in [0.29, 0.717) is 32.2 Å². The molecule has 0 radical (unpaired) electrons. The molecule has 1 aliphatic rings. The van der Waals surface area contributed by atoms with E-state index in [-0.39, 0.29) is 11.8 Å². The Morgan fingerprint density at radius 3 is 2.91 bits per heavy atom. The van der Waals surface area contributed by atoms with Gasteiger partial charge in [0.1, 0.15) is 12.4 Å². The minimum absolute atomic E-state index is 0.0616. The second-order valence-corrected chi connectivity index (χ2v) is 5.70. The summed E-state index contributed by atoms with van der Waals surface area (Å²) in [6, 6.07) is 7.75. The number of methoxy groups -OCH3 is 1. The molecule has 1 aliphatic carbocycles. The monoisotopic (exact) mass is 306 g/mol. The SMILES string of the molecule is COCCOc1ccccc1CNC(=O)[C@@H]1CCC[C@@H]1CN. The highest BCUT2D eigenvalue weighted by Crippen LogP contribution is 2.31. The van der Waals surface area contributed by atoms with Crippen molar-refractivity contribution < 1.29 is 14.3 Å². The van der Waals surface area contributed by atoms with E-state index in [1.807, 2.05) is 24.3 Å². The molecule has 122 valence electrons. The van der Waals surface area contributed by atoms with Crippen molar-refractivity contribution in [2.24, 2.45) is 17.6 Å². The summed E-state index contributed by atoms with van der Waals surface area (Å²) in [5.74, 6) is 1.29. The predicted molar refractivity (Wildman–Crippen MR) is 85.5 cm³/mol. The van der Waals surface area contributed by atoms with Crippen molar-refractivity contribution in [2.45, 2.75) is 25.8 Å².